The van der Waals surface area contributed by atoms with E-state index >= 15 is 0 Å². The van der Waals surface area contributed by atoms with Crippen molar-refractivity contribution in [1.29, 1.82) is 0 Å². The average Bonchev–Trinajstić information content (AvgIpc) is 2.74. The molecule has 0 spiro atoms. The fourth-order valence-electron chi connectivity index (χ4n) is 1.74. The maximum atomic E-state index is 11.2. The zero-order chi connectivity index (χ0) is 13.1. The summed E-state index contributed by atoms with van der Waals surface area (Å²) in [6.07, 6.45) is 0. The van der Waals surface area contributed by atoms with Crippen LogP contribution in [0.25, 0.3) is 0 Å². The minimum atomic E-state index is -0.898. The third-order valence-corrected chi connectivity index (χ3v) is 4.24. The standard InChI is InChI=1S/C13H12BrNO2S/c1-15(7-10-6-9(14)8-18-10)12-5-3-2-4-11(12)13(16)17/h2-6,8H,7H2,1H3,(H,16,17). The lowest BCUT2D eigenvalue weighted by atomic mass is 10.1. The predicted molar refractivity (Wildman–Crippen MR) is 77.5 cm³/mol. The van der Waals surface area contributed by atoms with E-state index in [1.165, 1.54) is 4.88 Å². The van der Waals surface area contributed by atoms with Gasteiger partial charge in [-0.25, -0.2) is 4.79 Å². The van der Waals surface area contributed by atoms with E-state index in [1.54, 1.807) is 23.5 Å². The van der Waals surface area contributed by atoms with Gasteiger partial charge in [-0.1, -0.05) is 12.1 Å². The average molecular weight is 326 g/mol. The number of nitrogens with zero attached hydrogens (tertiary/aromatic N) is 1. The Balaban J connectivity index is 2.23. The molecule has 0 unspecified atom stereocenters. The molecule has 0 saturated heterocycles. The molecule has 94 valence electrons. The van der Waals surface area contributed by atoms with E-state index < -0.39 is 5.97 Å². The molecule has 1 heterocycles. The number of benzene rings is 1. The summed E-state index contributed by atoms with van der Waals surface area (Å²) in [5.74, 6) is -0.898. The number of hydrogen-bond acceptors (Lipinski definition) is 3. The molecular weight excluding hydrogens is 314 g/mol. The van der Waals surface area contributed by atoms with Crippen molar-refractivity contribution in [3.63, 3.8) is 0 Å². The van der Waals surface area contributed by atoms with Crippen LogP contribution in [-0.4, -0.2) is 18.1 Å². The second-order valence-corrected chi connectivity index (χ2v) is 5.82. The van der Waals surface area contributed by atoms with Crippen molar-refractivity contribution in [3.8, 4) is 0 Å². The lowest BCUT2D eigenvalue weighted by molar-refractivity contribution is 0.0697. The van der Waals surface area contributed by atoms with E-state index in [-0.39, 0.29) is 0 Å². The largest absolute Gasteiger partial charge is 0.478 e. The number of halogens is 1. The Morgan fingerprint density at radius 2 is 2.17 bits per heavy atom. The molecule has 0 aliphatic heterocycles. The molecule has 5 heteroatoms. The number of thiophene rings is 1. The molecular formula is C13H12BrNO2S. The zero-order valence-electron chi connectivity index (χ0n) is 9.76. The summed E-state index contributed by atoms with van der Waals surface area (Å²) < 4.78 is 1.06. The molecule has 0 atom stereocenters. The summed E-state index contributed by atoms with van der Waals surface area (Å²) in [7, 11) is 1.90. The monoisotopic (exact) mass is 325 g/mol. The Hall–Kier alpha value is -1.33. The molecule has 1 aromatic carbocycles. The van der Waals surface area contributed by atoms with Crippen molar-refractivity contribution in [2.24, 2.45) is 0 Å². The molecule has 2 aromatic rings. The maximum Gasteiger partial charge on any atom is 0.337 e. The highest BCUT2D eigenvalue weighted by Crippen LogP contribution is 2.25. The third kappa shape index (κ3) is 2.91. The Morgan fingerprint density at radius 3 is 2.78 bits per heavy atom. The summed E-state index contributed by atoms with van der Waals surface area (Å²) in [4.78, 5) is 14.3. The molecule has 0 radical (unpaired) electrons. The quantitative estimate of drug-likeness (QED) is 0.928. The van der Waals surface area contributed by atoms with Gasteiger partial charge in [-0.3, -0.25) is 0 Å². The van der Waals surface area contributed by atoms with E-state index in [0.717, 1.165) is 10.2 Å². The van der Waals surface area contributed by atoms with Crippen molar-refractivity contribution in [2.75, 3.05) is 11.9 Å². The van der Waals surface area contributed by atoms with Gasteiger partial charge in [0.05, 0.1) is 17.8 Å². The van der Waals surface area contributed by atoms with Gasteiger partial charge >= 0.3 is 5.97 Å². The molecule has 2 rings (SSSR count). The predicted octanol–water partition coefficient (Wildman–Crippen LogP) is 3.85. The lowest BCUT2D eigenvalue weighted by Crippen LogP contribution is -2.18. The summed E-state index contributed by atoms with van der Waals surface area (Å²) in [5, 5.41) is 11.2. The fourth-order valence-corrected chi connectivity index (χ4v) is 3.25. The van der Waals surface area contributed by atoms with Gasteiger partial charge in [0.25, 0.3) is 0 Å². The highest BCUT2D eigenvalue weighted by atomic mass is 79.9. The first-order valence-corrected chi connectivity index (χ1v) is 7.01. The van der Waals surface area contributed by atoms with Gasteiger partial charge in [0.15, 0.2) is 0 Å². The SMILES string of the molecule is CN(Cc1cc(Br)cs1)c1ccccc1C(=O)O. The van der Waals surface area contributed by atoms with E-state index in [4.69, 9.17) is 5.11 Å². The Morgan fingerprint density at radius 1 is 1.44 bits per heavy atom. The Labute approximate surface area is 118 Å². The van der Waals surface area contributed by atoms with Crippen molar-refractivity contribution < 1.29 is 9.90 Å². The molecule has 0 amide bonds. The van der Waals surface area contributed by atoms with Crippen LogP contribution in [0.3, 0.4) is 0 Å². The molecule has 1 N–H and O–H groups in total. The van der Waals surface area contributed by atoms with Crippen molar-refractivity contribution in [2.45, 2.75) is 6.54 Å². The number of para-hydroxylation sites is 1. The molecule has 0 aliphatic carbocycles. The van der Waals surface area contributed by atoms with Gasteiger partial charge < -0.3 is 10.0 Å². The minimum absolute atomic E-state index is 0.329. The third-order valence-electron chi connectivity index (χ3n) is 2.56. The first kappa shape index (κ1) is 13.1. The van der Waals surface area contributed by atoms with Crippen molar-refractivity contribution in [3.05, 3.63) is 50.6 Å². The van der Waals surface area contributed by atoms with Gasteiger partial charge in [0, 0.05) is 21.8 Å². The van der Waals surface area contributed by atoms with Crippen LogP contribution in [0, 0.1) is 0 Å². The van der Waals surface area contributed by atoms with Crippen LogP contribution in [0.15, 0.2) is 40.2 Å². The van der Waals surface area contributed by atoms with E-state index in [2.05, 4.69) is 15.9 Å². The van der Waals surface area contributed by atoms with Crippen LogP contribution in [-0.2, 0) is 6.54 Å². The summed E-state index contributed by atoms with van der Waals surface area (Å²) in [6.45, 7) is 0.695. The fraction of sp³-hybridized carbons (Fsp3) is 0.154. The van der Waals surface area contributed by atoms with Gasteiger partial charge in [-0.05, 0) is 34.1 Å². The first-order valence-electron chi connectivity index (χ1n) is 5.34. The highest BCUT2D eigenvalue weighted by molar-refractivity contribution is 9.10. The topological polar surface area (TPSA) is 40.5 Å². The number of carboxylic acid groups (broad SMARTS) is 1. The Bertz CT molecular complexity index is 568. The van der Waals surface area contributed by atoms with Gasteiger partial charge in [0.1, 0.15) is 0 Å². The number of aromatic carboxylic acids is 1. The second kappa shape index (κ2) is 5.54. The smallest absolute Gasteiger partial charge is 0.337 e. The number of carboxylic acids is 1. The Kier molecular flexibility index (Phi) is 4.04. The molecule has 0 fully saturated rings. The summed E-state index contributed by atoms with van der Waals surface area (Å²) in [5.41, 5.74) is 1.06. The van der Waals surface area contributed by atoms with Crippen molar-refractivity contribution in [1.82, 2.24) is 0 Å². The number of rotatable bonds is 4. The normalized spacial score (nSPS) is 10.3. The number of anilines is 1. The van der Waals surface area contributed by atoms with Crippen LogP contribution in [0.4, 0.5) is 5.69 Å². The van der Waals surface area contributed by atoms with E-state index in [0.29, 0.717) is 12.1 Å². The van der Waals surface area contributed by atoms with Gasteiger partial charge in [-0.15, -0.1) is 11.3 Å². The number of carbonyl (C=O) groups is 1. The van der Waals surface area contributed by atoms with Gasteiger partial charge in [-0.2, -0.15) is 0 Å². The molecule has 1 aromatic heterocycles. The molecule has 0 aliphatic rings. The van der Waals surface area contributed by atoms with Crippen molar-refractivity contribution >= 4 is 38.9 Å². The van der Waals surface area contributed by atoms with Crippen LogP contribution in [0.5, 0.6) is 0 Å². The molecule has 0 bridgehead atoms. The molecule has 3 nitrogen and oxygen atoms in total. The summed E-state index contributed by atoms with van der Waals surface area (Å²) in [6, 6.07) is 9.08. The minimum Gasteiger partial charge on any atom is -0.478 e. The molecule has 0 saturated carbocycles. The lowest BCUT2D eigenvalue weighted by Gasteiger charge is -2.20. The zero-order valence-corrected chi connectivity index (χ0v) is 12.2. The van der Waals surface area contributed by atoms with Crippen LogP contribution < -0.4 is 4.90 Å². The maximum absolute atomic E-state index is 11.2. The first-order chi connectivity index (χ1) is 8.58. The second-order valence-electron chi connectivity index (χ2n) is 3.91. The van der Waals surface area contributed by atoms with E-state index in [1.807, 2.05) is 35.5 Å². The van der Waals surface area contributed by atoms with Crippen LogP contribution >= 0.6 is 27.3 Å². The van der Waals surface area contributed by atoms with E-state index in [9.17, 15) is 4.79 Å². The highest BCUT2D eigenvalue weighted by Gasteiger charge is 2.13. The molecule has 18 heavy (non-hydrogen) atoms. The summed E-state index contributed by atoms with van der Waals surface area (Å²) >= 11 is 5.06. The van der Waals surface area contributed by atoms with Gasteiger partial charge in [0.2, 0.25) is 0 Å². The van der Waals surface area contributed by atoms with Crippen LogP contribution in [0.1, 0.15) is 15.2 Å². The number of hydrogen-bond donors (Lipinski definition) is 1. The van der Waals surface area contributed by atoms with Crippen LogP contribution in [0.2, 0.25) is 0 Å².